The van der Waals surface area contributed by atoms with Crippen LogP contribution in [0.4, 0.5) is 5.69 Å². The smallest absolute Gasteiger partial charge is 0.350 e. The molecular formula is C17H16N2O5. The lowest BCUT2D eigenvalue weighted by molar-refractivity contribution is -0.222. The maximum Gasteiger partial charge on any atom is 0.350 e. The summed E-state index contributed by atoms with van der Waals surface area (Å²) in [5, 5.41) is 3.77. The molecule has 0 unspecified atom stereocenters. The summed E-state index contributed by atoms with van der Waals surface area (Å²) in [5.74, 6) is -2.10. The van der Waals surface area contributed by atoms with Gasteiger partial charge in [-0.05, 0) is 12.1 Å². The third kappa shape index (κ3) is 3.01. The van der Waals surface area contributed by atoms with E-state index in [9.17, 15) is 9.59 Å². The second-order valence-electron chi connectivity index (χ2n) is 5.63. The molecule has 7 heteroatoms. The first-order valence-corrected chi connectivity index (χ1v) is 7.26. The topological polar surface area (TPSA) is 86.8 Å². The van der Waals surface area contributed by atoms with Gasteiger partial charge in [0.15, 0.2) is 5.57 Å². The van der Waals surface area contributed by atoms with Crippen LogP contribution in [-0.2, 0) is 19.1 Å². The number of methoxy groups -OCH3 is 1. The van der Waals surface area contributed by atoms with Crippen LogP contribution >= 0.6 is 0 Å². The SMILES string of the molecule is COc1cnc2c(NC=C3C(=O)OC(C)(C)OC3=O)cccc2c1. The van der Waals surface area contributed by atoms with Crippen LogP contribution in [0.2, 0.25) is 0 Å². The number of esters is 2. The first kappa shape index (κ1) is 15.8. The van der Waals surface area contributed by atoms with Crippen molar-refractivity contribution >= 4 is 28.5 Å². The van der Waals surface area contributed by atoms with Gasteiger partial charge in [-0.2, -0.15) is 0 Å². The number of benzene rings is 1. The molecule has 1 saturated heterocycles. The Bertz CT molecular complexity index is 835. The lowest BCUT2D eigenvalue weighted by Gasteiger charge is -2.29. The molecule has 7 nitrogen and oxygen atoms in total. The van der Waals surface area contributed by atoms with E-state index >= 15 is 0 Å². The summed E-state index contributed by atoms with van der Waals surface area (Å²) in [6, 6.07) is 7.33. The summed E-state index contributed by atoms with van der Waals surface area (Å²) >= 11 is 0. The zero-order chi connectivity index (χ0) is 17.3. The van der Waals surface area contributed by atoms with Gasteiger partial charge in [0.1, 0.15) is 5.75 Å². The van der Waals surface area contributed by atoms with Gasteiger partial charge in [0.25, 0.3) is 5.79 Å². The second kappa shape index (κ2) is 5.84. The van der Waals surface area contributed by atoms with E-state index in [4.69, 9.17) is 14.2 Å². The number of carbonyl (C=O) groups excluding carboxylic acids is 2. The number of carbonyl (C=O) groups is 2. The van der Waals surface area contributed by atoms with Crippen molar-refractivity contribution in [3.8, 4) is 5.75 Å². The minimum Gasteiger partial charge on any atom is -0.495 e. The van der Waals surface area contributed by atoms with Crippen molar-refractivity contribution in [3.05, 3.63) is 42.2 Å². The zero-order valence-corrected chi connectivity index (χ0v) is 13.5. The number of nitrogens with zero attached hydrogens (tertiary/aromatic N) is 1. The lowest BCUT2D eigenvalue weighted by Crippen LogP contribution is -2.42. The predicted octanol–water partition coefficient (Wildman–Crippen LogP) is 2.38. The summed E-state index contributed by atoms with van der Waals surface area (Å²) in [6.07, 6.45) is 2.85. The van der Waals surface area contributed by atoms with Crippen LogP contribution in [0.15, 0.2) is 42.2 Å². The van der Waals surface area contributed by atoms with Crippen molar-refractivity contribution < 1.29 is 23.8 Å². The molecule has 124 valence electrons. The van der Waals surface area contributed by atoms with Crippen LogP contribution in [0, 0.1) is 0 Å². The molecule has 0 atom stereocenters. The van der Waals surface area contributed by atoms with Crippen LogP contribution in [0.1, 0.15) is 13.8 Å². The normalized spacial score (nSPS) is 16.4. The molecule has 1 aliphatic rings. The third-order valence-corrected chi connectivity index (χ3v) is 3.41. The third-order valence-electron chi connectivity index (χ3n) is 3.41. The number of hydrogen-bond acceptors (Lipinski definition) is 7. The molecule has 2 heterocycles. The van der Waals surface area contributed by atoms with Gasteiger partial charge < -0.3 is 19.5 Å². The molecule has 2 aromatic rings. The van der Waals surface area contributed by atoms with Gasteiger partial charge >= 0.3 is 11.9 Å². The Kier molecular flexibility index (Phi) is 3.84. The Balaban J connectivity index is 1.90. The first-order chi connectivity index (χ1) is 11.4. The molecule has 1 aromatic heterocycles. The number of nitrogens with one attached hydrogen (secondary N) is 1. The molecule has 1 N–H and O–H groups in total. The number of ether oxygens (including phenoxy) is 3. The van der Waals surface area contributed by atoms with Crippen molar-refractivity contribution in [2.75, 3.05) is 12.4 Å². The number of cyclic esters (lactones) is 2. The predicted molar refractivity (Wildman–Crippen MR) is 86.3 cm³/mol. The van der Waals surface area contributed by atoms with E-state index in [0.29, 0.717) is 17.0 Å². The summed E-state index contributed by atoms with van der Waals surface area (Å²) in [6.45, 7) is 2.99. The number of aromatic nitrogens is 1. The summed E-state index contributed by atoms with van der Waals surface area (Å²) in [5.41, 5.74) is 1.10. The van der Waals surface area contributed by atoms with Crippen molar-refractivity contribution in [1.82, 2.24) is 4.98 Å². The fourth-order valence-electron chi connectivity index (χ4n) is 2.30. The van der Waals surface area contributed by atoms with Crippen LogP contribution < -0.4 is 10.1 Å². The Hall–Kier alpha value is -3.09. The molecule has 0 amide bonds. The average Bonchev–Trinajstić information content (AvgIpc) is 2.52. The molecule has 24 heavy (non-hydrogen) atoms. The number of rotatable bonds is 3. The van der Waals surface area contributed by atoms with Crippen molar-refractivity contribution in [1.29, 1.82) is 0 Å². The Labute approximate surface area is 138 Å². The highest BCUT2D eigenvalue weighted by molar-refractivity contribution is 6.15. The van der Waals surface area contributed by atoms with Crippen LogP contribution in [0.5, 0.6) is 5.75 Å². The van der Waals surface area contributed by atoms with Gasteiger partial charge in [0, 0.05) is 25.4 Å². The van der Waals surface area contributed by atoms with Gasteiger partial charge in [0.2, 0.25) is 0 Å². The van der Waals surface area contributed by atoms with E-state index in [2.05, 4.69) is 10.3 Å². The summed E-state index contributed by atoms with van der Waals surface area (Å²) < 4.78 is 15.2. The van der Waals surface area contributed by atoms with Crippen molar-refractivity contribution in [3.63, 3.8) is 0 Å². The van der Waals surface area contributed by atoms with Gasteiger partial charge in [0.05, 0.1) is 24.5 Å². The fraction of sp³-hybridized carbons (Fsp3) is 0.235. The Morgan fingerprint density at radius 1 is 1.21 bits per heavy atom. The minimum atomic E-state index is -1.26. The highest BCUT2D eigenvalue weighted by Crippen LogP contribution is 2.26. The van der Waals surface area contributed by atoms with E-state index in [1.54, 1.807) is 19.4 Å². The molecule has 1 fully saturated rings. The number of fused-ring (bicyclic) bond motifs is 1. The van der Waals surface area contributed by atoms with Gasteiger partial charge in [-0.15, -0.1) is 0 Å². The standard InChI is InChI=1S/C17H16N2O5/c1-17(2)23-15(20)12(16(21)24-17)9-18-13-6-4-5-10-7-11(22-3)8-19-14(10)13/h4-9,18H,1-3H3. The quantitative estimate of drug-likeness (QED) is 0.526. The molecule has 0 bridgehead atoms. The molecule has 3 rings (SSSR count). The van der Waals surface area contributed by atoms with Gasteiger partial charge in [-0.1, -0.05) is 12.1 Å². The number of pyridine rings is 1. The van der Waals surface area contributed by atoms with Gasteiger partial charge in [-0.3, -0.25) is 4.98 Å². The minimum absolute atomic E-state index is 0.208. The molecular weight excluding hydrogens is 312 g/mol. The molecule has 1 aromatic carbocycles. The lowest BCUT2D eigenvalue weighted by atomic mass is 10.2. The molecule has 0 saturated carbocycles. The monoisotopic (exact) mass is 328 g/mol. The Morgan fingerprint density at radius 3 is 2.58 bits per heavy atom. The largest absolute Gasteiger partial charge is 0.495 e. The van der Waals surface area contributed by atoms with E-state index in [-0.39, 0.29) is 5.57 Å². The molecule has 1 aliphatic heterocycles. The number of para-hydroxylation sites is 1. The highest BCUT2D eigenvalue weighted by Gasteiger charge is 2.38. The first-order valence-electron chi connectivity index (χ1n) is 7.26. The average molecular weight is 328 g/mol. The zero-order valence-electron chi connectivity index (χ0n) is 13.5. The van der Waals surface area contributed by atoms with E-state index in [1.807, 2.05) is 18.2 Å². The van der Waals surface area contributed by atoms with E-state index in [1.165, 1.54) is 20.0 Å². The van der Waals surface area contributed by atoms with Crippen LogP contribution in [0.25, 0.3) is 10.9 Å². The van der Waals surface area contributed by atoms with Crippen LogP contribution in [0.3, 0.4) is 0 Å². The number of hydrogen-bond donors (Lipinski definition) is 1. The van der Waals surface area contributed by atoms with Crippen molar-refractivity contribution in [2.45, 2.75) is 19.6 Å². The van der Waals surface area contributed by atoms with E-state index in [0.717, 1.165) is 5.39 Å². The van der Waals surface area contributed by atoms with E-state index < -0.39 is 17.7 Å². The summed E-state index contributed by atoms with van der Waals surface area (Å²) in [7, 11) is 1.57. The fourth-order valence-corrected chi connectivity index (χ4v) is 2.30. The second-order valence-corrected chi connectivity index (χ2v) is 5.63. The Morgan fingerprint density at radius 2 is 1.92 bits per heavy atom. The maximum absolute atomic E-state index is 11.9. The van der Waals surface area contributed by atoms with Gasteiger partial charge in [-0.25, -0.2) is 9.59 Å². The van der Waals surface area contributed by atoms with Crippen molar-refractivity contribution in [2.24, 2.45) is 0 Å². The highest BCUT2D eigenvalue weighted by atomic mass is 16.7. The van der Waals surface area contributed by atoms with Crippen LogP contribution in [-0.4, -0.2) is 29.8 Å². The summed E-state index contributed by atoms with van der Waals surface area (Å²) in [4.78, 5) is 28.2. The molecule has 0 spiro atoms. The molecule has 0 radical (unpaired) electrons. The number of anilines is 1. The molecule has 0 aliphatic carbocycles. The maximum atomic E-state index is 11.9.